The van der Waals surface area contributed by atoms with Gasteiger partial charge in [0.05, 0.1) is 5.92 Å². The zero-order chi connectivity index (χ0) is 20.4. The summed E-state index contributed by atoms with van der Waals surface area (Å²) in [6.45, 7) is 9.67. The standard InChI is InChI=1S/C26H39NO/c1-21(2)11-8-12-22(3)13-9-14-23(4)18-20-27-19-10-16-25(27)24-15-6-5-7-17-26(24)28/h10-11,13,16,18-19,24H,5-9,12,14-15,17,20H2,1-4H3. The number of allylic oxidation sites excluding steroid dienone is 6. The molecule has 1 fully saturated rings. The van der Waals surface area contributed by atoms with Crippen molar-refractivity contribution in [3.8, 4) is 0 Å². The molecule has 1 aliphatic carbocycles. The molecule has 1 aromatic heterocycles. The molecule has 2 heteroatoms. The van der Waals surface area contributed by atoms with E-state index in [1.165, 1.54) is 35.3 Å². The molecule has 0 spiro atoms. The molecule has 0 saturated heterocycles. The van der Waals surface area contributed by atoms with Gasteiger partial charge in [0.2, 0.25) is 0 Å². The maximum atomic E-state index is 12.5. The van der Waals surface area contributed by atoms with Crippen molar-refractivity contribution in [3.05, 3.63) is 59.0 Å². The van der Waals surface area contributed by atoms with Gasteiger partial charge in [0.25, 0.3) is 0 Å². The summed E-state index contributed by atoms with van der Waals surface area (Å²) in [5, 5.41) is 0. The molecule has 1 atom stereocenters. The van der Waals surface area contributed by atoms with Crippen molar-refractivity contribution in [2.75, 3.05) is 0 Å². The fourth-order valence-corrected chi connectivity index (χ4v) is 3.98. The number of nitrogens with zero attached hydrogens (tertiary/aromatic N) is 1. The van der Waals surface area contributed by atoms with Crippen LogP contribution in [0, 0.1) is 0 Å². The summed E-state index contributed by atoms with van der Waals surface area (Å²) in [6, 6.07) is 4.24. The molecule has 0 aliphatic heterocycles. The Morgan fingerprint density at radius 1 is 1.00 bits per heavy atom. The van der Waals surface area contributed by atoms with Gasteiger partial charge in [-0.15, -0.1) is 0 Å². The summed E-state index contributed by atoms with van der Waals surface area (Å²) in [4.78, 5) is 12.5. The highest BCUT2D eigenvalue weighted by Gasteiger charge is 2.24. The second-order valence-corrected chi connectivity index (χ2v) is 8.66. The van der Waals surface area contributed by atoms with E-state index >= 15 is 0 Å². The van der Waals surface area contributed by atoms with Gasteiger partial charge in [0.1, 0.15) is 5.78 Å². The fraction of sp³-hybridized carbons (Fsp3) is 0.577. The highest BCUT2D eigenvalue weighted by Crippen LogP contribution is 2.29. The Balaban J connectivity index is 1.86. The van der Waals surface area contributed by atoms with Crippen molar-refractivity contribution in [2.45, 2.75) is 97.9 Å². The first-order valence-electron chi connectivity index (χ1n) is 11.1. The topological polar surface area (TPSA) is 22.0 Å². The van der Waals surface area contributed by atoms with Crippen LogP contribution in [0.15, 0.2) is 53.3 Å². The average molecular weight is 382 g/mol. The van der Waals surface area contributed by atoms with Gasteiger partial charge in [0, 0.05) is 24.9 Å². The number of aromatic nitrogens is 1. The second kappa shape index (κ2) is 11.9. The summed E-state index contributed by atoms with van der Waals surface area (Å²) in [5.74, 6) is 0.546. The van der Waals surface area contributed by atoms with Crippen molar-refractivity contribution >= 4 is 5.78 Å². The summed E-state index contributed by atoms with van der Waals surface area (Å²) in [5.41, 5.74) is 5.54. The molecule has 1 aromatic rings. The third-order valence-corrected chi connectivity index (χ3v) is 5.79. The largest absolute Gasteiger partial charge is 0.347 e. The Hall–Kier alpha value is -1.83. The third-order valence-electron chi connectivity index (χ3n) is 5.79. The molecule has 1 heterocycles. The van der Waals surface area contributed by atoms with Gasteiger partial charge in [-0.25, -0.2) is 0 Å². The predicted molar refractivity (Wildman–Crippen MR) is 121 cm³/mol. The Kier molecular flexibility index (Phi) is 9.54. The van der Waals surface area contributed by atoms with Crippen LogP contribution in [0.4, 0.5) is 0 Å². The van der Waals surface area contributed by atoms with Crippen molar-refractivity contribution < 1.29 is 4.79 Å². The van der Waals surface area contributed by atoms with Crippen molar-refractivity contribution in [2.24, 2.45) is 0 Å². The van der Waals surface area contributed by atoms with Crippen LogP contribution in [0.3, 0.4) is 0 Å². The van der Waals surface area contributed by atoms with E-state index in [9.17, 15) is 4.79 Å². The van der Waals surface area contributed by atoms with E-state index in [1.54, 1.807) is 0 Å². The molecule has 1 aliphatic rings. The highest BCUT2D eigenvalue weighted by molar-refractivity contribution is 5.85. The van der Waals surface area contributed by atoms with Gasteiger partial charge in [0.15, 0.2) is 0 Å². The van der Waals surface area contributed by atoms with E-state index in [0.29, 0.717) is 5.78 Å². The highest BCUT2D eigenvalue weighted by atomic mass is 16.1. The minimum Gasteiger partial charge on any atom is -0.347 e. The Morgan fingerprint density at radius 2 is 1.71 bits per heavy atom. The second-order valence-electron chi connectivity index (χ2n) is 8.66. The lowest BCUT2D eigenvalue weighted by molar-refractivity contribution is -0.120. The summed E-state index contributed by atoms with van der Waals surface area (Å²) >= 11 is 0. The zero-order valence-corrected chi connectivity index (χ0v) is 18.5. The van der Waals surface area contributed by atoms with Crippen LogP contribution < -0.4 is 0 Å². The number of carbonyl (C=O) groups is 1. The SMILES string of the molecule is CC(C)=CCCC(C)=CCCC(C)=CCn1cccc1C1CCCCCC1=O. The average Bonchev–Trinajstić information content (AvgIpc) is 3.00. The summed E-state index contributed by atoms with van der Waals surface area (Å²) in [6.07, 6.45) is 18.9. The van der Waals surface area contributed by atoms with Crippen molar-refractivity contribution in [1.82, 2.24) is 4.57 Å². The first kappa shape index (κ1) is 22.5. The smallest absolute Gasteiger partial charge is 0.141 e. The van der Waals surface area contributed by atoms with Gasteiger partial charge in [-0.1, -0.05) is 47.8 Å². The summed E-state index contributed by atoms with van der Waals surface area (Å²) < 4.78 is 2.28. The lowest BCUT2D eigenvalue weighted by atomic mass is 9.95. The third kappa shape index (κ3) is 7.66. The van der Waals surface area contributed by atoms with Gasteiger partial charge in [-0.05, 0) is 78.4 Å². The Bertz CT molecular complexity index is 713. The zero-order valence-electron chi connectivity index (χ0n) is 18.5. The fourth-order valence-electron chi connectivity index (χ4n) is 3.98. The van der Waals surface area contributed by atoms with Crippen LogP contribution in [0.1, 0.15) is 97.1 Å². The van der Waals surface area contributed by atoms with Gasteiger partial charge < -0.3 is 4.57 Å². The van der Waals surface area contributed by atoms with Crippen LogP contribution in [0.5, 0.6) is 0 Å². The number of Topliss-reactive ketones (excluding diaryl/α,β-unsaturated/α-hetero) is 1. The Morgan fingerprint density at radius 3 is 2.46 bits per heavy atom. The maximum Gasteiger partial charge on any atom is 0.141 e. The normalized spacial score (nSPS) is 18.9. The predicted octanol–water partition coefficient (Wildman–Crippen LogP) is 7.52. The van der Waals surface area contributed by atoms with Crippen LogP contribution in [0.25, 0.3) is 0 Å². The van der Waals surface area contributed by atoms with E-state index in [4.69, 9.17) is 0 Å². The van der Waals surface area contributed by atoms with Gasteiger partial charge >= 0.3 is 0 Å². The monoisotopic (exact) mass is 381 g/mol. The van der Waals surface area contributed by atoms with Gasteiger partial charge in [-0.3, -0.25) is 4.79 Å². The molecular weight excluding hydrogens is 342 g/mol. The first-order chi connectivity index (χ1) is 13.5. The van der Waals surface area contributed by atoms with Crippen LogP contribution in [-0.2, 0) is 11.3 Å². The molecule has 154 valence electrons. The van der Waals surface area contributed by atoms with E-state index in [0.717, 1.165) is 51.5 Å². The molecular formula is C26H39NO. The number of carbonyl (C=O) groups excluding carboxylic acids is 1. The molecule has 28 heavy (non-hydrogen) atoms. The maximum absolute atomic E-state index is 12.5. The van der Waals surface area contributed by atoms with E-state index in [2.05, 4.69) is 68.8 Å². The lowest BCUT2D eigenvalue weighted by Gasteiger charge is -2.16. The van der Waals surface area contributed by atoms with E-state index < -0.39 is 0 Å². The van der Waals surface area contributed by atoms with Gasteiger partial charge in [-0.2, -0.15) is 0 Å². The van der Waals surface area contributed by atoms with Crippen LogP contribution >= 0.6 is 0 Å². The molecule has 2 nitrogen and oxygen atoms in total. The first-order valence-corrected chi connectivity index (χ1v) is 11.1. The molecule has 0 radical (unpaired) electrons. The molecule has 0 aromatic carbocycles. The van der Waals surface area contributed by atoms with Crippen LogP contribution in [-0.4, -0.2) is 10.4 Å². The van der Waals surface area contributed by atoms with Crippen LogP contribution in [0.2, 0.25) is 0 Å². The van der Waals surface area contributed by atoms with E-state index in [1.807, 2.05) is 0 Å². The lowest BCUT2D eigenvalue weighted by Crippen LogP contribution is -2.15. The van der Waals surface area contributed by atoms with Crippen molar-refractivity contribution in [3.63, 3.8) is 0 Å². The number of hydrogen-bond donors (Lipinski definition) is 0. The minimum absolute atomic E-state index is 0.109. The molecule has 0 N–H and O–H groups in total. The quantitative estimate of drug-likeness (QED) is 0.320. The summed E-state index contributed by atoms with van der Waals surface area (Å²) in [7, 11) is 0. The minimum atomic E-state index is 0.109. The van der Waals surface area contributed by atoms with E-state index in [-0.39, 0.29) is 5.92 Å². The number of rotatable bonds is 9. The molecule has 0 bridgehead atoms. The molecule has 2 rings (SSSR count). The molecule has 0 amide bonds. The number of ketones is 1. The van der Waals surface area contributed by atoms with Crippen molar-refractivity contribution in [1.29, 1.82) is 0 Å². The molecule has 1 unspecified atom stereocenters. The molecule has 1 saturated carbocycles. The Labute approximate surface area is 172 Å². The number of hydrogen-bond acceptors (Lipinski definition) is 1.